The van der Waals surface area contributed by atoms with E-state index in [1.807, 2.05) is 19.1 Å². The standard InChI is InChI=1S/C15H18O5/c1-13-6-4-7-14(12(17)18-2)8-5-10(16)15(19-3,11(13)14)20-9-13/h4-6,8,11H,7,9H2,1-3H3/t11-,13+,14+,15+/m1/s1. The molecule has 0 amide bonds. The smallest absolute Gasteiger partial charge is 0.316 e. The molecule has 3 rings (SSSR count). The Labute approximate surface area is 117 Å². The summed E-state index contributed by atoms with van der Waals surface area (Å²) in [5.74, 6) is -2.40. The number of carbonyl (C=O) groups is 2. The van der Waals surface area contributed by atoms with E-state index in [1.54, 1.807) is 6.08 Å². The van der Waals surface area contributed by atoms with Gasteiger partial charge in [0.25, 0.3) is 0 Å². The van der Waals surface area contributed by atoms with E-state index < -0.39 is 22.5 Å². The van der Waals surface area contributed by atoms with Crippen molar-refractivity contribution in [2.24, 2.45) is 16.7 Å². The van der Waals surface area contributed by atoms with E-state index in [-0.39, 0.29) is 11.8 Å². The van der Waals surface area contributed by atoms with Crippen LogP contribution in [0.2, 0.25) is 0 Å². The maximum atomic E-state index is 12.4. The molecule has 0 bridgehead atoms. The fourth-order valence-electron chi connectivity index (χ4n) is 4.03. The van der Waals surface area contributed by atoms with Crippen molar-refractivity contribution in [2.45, 2.75) is 19.1 Å². The highest BCUT2D eigenvalue weighted by Crippen LogP contribution is 2.61. The number of rotatable bonds is 2. The Hall–Kier alpha value is -1.46. The Morgan fingerprint density at radius 2 is 2.15 bits per heavy atom. The first-order chi connectivity index (χ1) is 9.45. The Bertz CT molecular complexity index is 536. The fourth-order valence-corrected chi connectivity index (χ4v) is 4.03. The third kappa shape index (κ3) is 1.34. The monoisotopic (exact) mass is 278 g/mol. The second-order valence-electron chi connectivity index (χ2n) is 5.94. The molecule has 0 aromatic heterocycles. The molecule has 5 nitrogen and oxygen atoms in total. The molecule has 3 aliphatic rings. The van der Waals surface area contributed by atoms with E-state index in [0.29, 0.717) is 13.0 Å². The highest BCUT2D eigenvalue weighted by molar-refractivity contribution is 6.00. The van der Waals surface area contributed by atoms with Gasteiger partial charge in [0.1, 0.15) is 0 Å². The van der Waals surface area contributed by atoms with Crippen molar-refractivity contribution < 1.29 is 23.8 Å². The van der Waals surface area contributed by atoms with E-state index in [0.717, 1.165) is 0 Å². The van der Waals surface area contributed by atoms with Crippen LogP contribution in [0.3, 0.4) is 0 Å². The molecule has 0 aromatic rings. The van der Waals surface area contributed by atoms with Gasteiger partial charge < -0.3 is 14.2 Å². The quantitative estimate of drug-likeness (QED) is 0.562. The minimum absolute atomic E-state index is 0.247. The summed E-state index contributed by atoms with van der Waals surface area (Å²) in [7, 11) is 2.81. The number of hydrogen-bond acceptors (Lipinski definition) is 5. The van der Waals surface area contributed by atoms with Gasteiger partial charge in [-0.2, -0.15) is 0 Å². The summed E-state index contributed by atoms with van der Waals surface area (Å²) in [6.45, 7) is 2.33. The first kappa shape index (κ1) is 13.5. The van der Waals surface area contributed by atoms with Gasteiger partial charge in [0.2, 0.25) is 11.6 Å². The third-order valence-corrected chi connectivity index (χ3v) is 4.85. The lowest BCUT2D eigenvalue weighted by Gasteiger charge is -2.49. The molecule has 0 unspecified atom stereocenters. The second-order valence-corrected chi connectivity index (χ2v) is 5.94. The summed E-state index contributed by atoms with van der Waals surface area (Å²) in [4.78, 5) is 24.8. The maximum absolute atomic E-state index is 12.4. The van der Waals surface area contributed by atoms with Crippen LogP contribution in [0.25, 0.3) is 0 Å². The van der Waals surface area contributed by atoms with Crippen molar-refractivity contribution in [3.63, 3.8) is 0 Å². The summed E-state index contributed by atoms with van der Waals surface area (Å²) < 4.78 is 16.2. The van der Waals surface area contributed by atoms with Gasteiger partial charge in [-0.15, -0.1) is 0 Å². The number of methoxy groups -OCH3 is 2. The lowest BCUT2D eigenvalue weighted by molar-refractivity contribution is -0.226. The molecule has 0 aromatic carbocycles. The molecule has 0 radical (unpaired) electrons. The molecule has 4 atom stereocenters. The van der Waals surface area contributed by atoms with Crippen LogP contribution in [0, 0.1) is 16.7 Å². The number of esters is 1. The zero-order valence-corrected chi connectivity index (χ0v) is 11.8. The number of ether oxygens (including phenoxy) is 3. The molecule has 1 aliphatic heterocycles. The van der Waals surface area contributed by atoms with Crippen LogP contribution in [-0.2, 0) is 23.8 Å². The van der Waals surface area contributed by atoms with Crippen molar-refractivity contribution in [1.82, 2.24) is 0 Å². The van der Waals surface area contributed by atoms with Crippen molar-refractivity contribution in [1.29, 1.82) is 0 Å². The van der Waals surface area contributed by atoms with Gasteiger partial charge in [0, 0.05) is 12.5 Å². The van der Waals surface area contributed by atoms with Crippen LogP contribution < -0.4 is 0 Å². The molecule has 1 saturated heterocycles. The molecular weight excluding hydrogens is 260 g/mol. The average molecular weight is 278 g/mol. The van der Waals surface area contributed by atoms with Crippen LogP contribution in [0.1, 0.15) is 13.3 Å². The largest absolute Gasteiger partial charge is 0.468 e. The molecule has 2 aliphatic carbocycles. The average Bonchev–Trinajstić information content (AvgIpc) is 2.78. The van der Waals surface area contributed by atoms with E-state index in [1.165, 1.54) is 20.3 Å². The van der Waals surface area contributed by atoms with Crippen LogP contribution in [0.5, 0.6) is 0 Å². The molecule has 1 fully saturated rings. The van der Waals surface area contributed by atoms with Gasteiger partial charge in [-0.25, -0.2) is 0 Å². The van der Waals surface area contributed by atoms with Gasteiger partial charge in [-0.05, 0) is 12.5 Å². The Morgan fingerprint density at radius 1 is 1.40 bits per heavy atom. The van der Waals surface area contributed by atoms with Gasteiger partial charge in [-0.1, -0.05) is 25.2 Å². The molecule has 5 heteroatoms. The Balaban J connectivity index is 2.25. The maximum Gasteiger partial charge on any atom is 0.316 e. The van der Waals surface area contributed by atoms with Crippen molar-refractivity contribution in [2.75, 3.05) is 20.8 Å². The SMILES string of the molecule is COC(=O)[C@]12C=CC(=O)[C@]3(OC)OC[C@](C)(C=CC1)[C@@H]32. The second kappa shape index (κ2) is 4.02. The molecule has 20 heavy (non-hydrogen) atoms. The normalized spacial score (nSPS) is 45.4. The van der Waals surface area contributed by atoms with Crippen LogP contribution in [-0.4, -0.2) is 38.4 Å². The summed E-state index contributed by atoms with van der Waals surface area (Å²) in [5.41, 5.74) is -1.33. The predicted octanol–water partition coefficient (Wildman–Crippen LogP) is 1.24. The number of allylic oxidation sites excluding steroid dienone is 1. The zero-order chi connectivity index (χ0) is 14.6. The first-order valence-corrected chi connectivity index (χ1v) is 6.64. The third-order valence-electron chi connectivity index (χ3n) is 4.85. The van der Waals surface area contributed by atoms with Gasteiger partial charge >= 0.3 is 5.97 Å². The van der Waals surface area contributed by atoms with Gasteiger partial charge in [0.15, 0.2) is 0 Å². The Kier molecular flexibility index (Phi) is 2.72. The lowest BCUT2D eigenvalue weighted by atomic mass is 9.54. The van der Waals surface area contributed by atoms with E-state index in [4.69, 9.17) is 14.2 Å². The van der Waals surface area contributed by atoms with Crippen LogP contribution >= 0.6 is 0 Å². The molecule has 0 saturated carbocycles. The number of ketones is 1. The van der Waals surface area contributed by atoms with Crippen molar-refractivity contribution in [3.8, 4) is 0 Å². The van der Waals surface area contributed by atoms with Gasteiger partial charge in [-0.3, -0.25) is 9.59 Å². The predicted molar refractivity (Wildman–Crippen MR) is 69.6 cm³/mol. The molecule has 108 valence electrons. The highest BCUT2D eigenvalue weighted by Gasteiger charge is 2.71. The summed E-state index contributed by atoms with van der Waals surface area (Å²) in [6, 6.07) is 0. The van der Waals surface area contributed by atoms with Crippen LogP contribution in [0.15, 0.2) is 24.3 Å². The summed E-state index contributed by atoms with van der Waals surface area (Å²) in [5, 5.41) is 0. The minimum Gasteiger partial charge on any atom is -0.468 e. The van der Waals surface area contributed by atoms with Gasteiger partial charge in [0.05, 0.1) is 25.0 Å². The first-order valence-electron chi connectivity index (χ1n) is 6.64. The molecule has 0 spiro atoms. The summed E-state index contributed by atoms with van der Waals surface area (Å²) >= 11 is 0. The topological polar surface area (TPSA) is 61.8 Å². The molecule has 1 heterocycles. The summed E-state index contributed by atoms with van der Waals surface area (Å²) in [6.07, 6.45) is 7.52. The van der Waals surface area contributed by atoms with E-state index in [2.05, 4.69) is 0 Å². The van der Waals surface area contributed by atoms with Crippen molar-refractivity contribution >= 4 is 11.8 Å². The zero-order valence-electron chi connectivity index (χ0n) is 11.8. The minimum atomic E-state index is -1.39. The molecule has 0 N–H and O–H groups in total. The Morgan fingerprint density at radius 3 is 2.80 bits per heavy atom. The van der Waals surface area contributed by atoms with Crippen LogP contribution in [0.4, 0.5) is 0 Å². The van der Waals surface area contributed by atoms with Crippen molar-refractivity contribution in [3.05, 3.63) is 24.3 Å². The van der Waals surface area contributed by atoms with E-state index in [9.17, 15) is 9.59 Å². The lowest BCUT2D eigenvalue weighted by Crippen LogP contribution is -2.60. The highest BCUT2D eigenvalue weighted by atomic mass is 16.7. The molecular formula is C15H18O5. The number of hydrogen-bond donors (Lipinski definition) is 0. The number of carbonyl (C=O) groups excluding carboxylic acids is 2. The van der Waals surface area contributed by atoms with E-state index >= 15 is 0 Å². The fraction of sp³-hybridized carbons (Fsp3) is 0.600.